The molecule has 1 aromatic carbocycles. The highest BCUT2D eigenvalue weighted by molar-refractivity contribution is 5.14. The maximum Gasteiger partial charge on any atom is 0.0856 e. The quantitative estimate of drug-likeness (QED) is 0.858. The average molecular weight is 246 g/mol. The number of benzene rings is 1. The lowest BCUT2D eigenvalue weighted by Crippen LogP contribution is -2.60. The molecule has 0 aromatic heterocycles. The van der Waals surface area contributed by atoms with Gasteiger partial charge in [0.1, 0.15) is 0 Å². The van der Waals surface area contributed by atoms with Crippen LogP contribution in [-0.4, -0.2) is 42.8 Å². The van der Waals surface area contributed by atoms with Gasteiger partial charge in [0.05, 0.1) is 12.7 Å². The Morgan fingerprint density at radius 2 is 2.17 bits per heavy atom. The Bertz CT molecular complexity index is 381. The van der Waals surface area contributed by atoms with E-state index in [0.29, 0.717) is 18.2 Å². The van der Waals surface area contributed by atoms with Gasteiger partial charge in [0.15, 0.2) is 0 Å². The van der Waals surface area contributed by atoms with Gasteiger partial charge in [-0.05, 0) is 18.9 Å². The van der Waals surface area contributed by atoms with Crippen LogP contribution < -0.4 is 5.32 Å². The number of hydrogen-bond acceptors (Lipinski definition) is 3. The molecule has 2 aliphatic heterocycles. The van der Waals surface area contributed by atoms with Gasteiger partial charge >= 0.3 is 0 Å². The van der Waals surface area contributed by atoms with Crippen LogP contribution in [0.3, 0.4) is 0 Å². The molecule has 1 aromatic rings. The predicted octanol–water partition coefficient (Wildman–Crippen LogP) is 1.64. The summed E-state index contributed by atoms with van der Waals surface area (Å²) >= 11 is 0. The first-order chi connectivity index (χ1) is 8.81. The van der Waals surface area contributed by atoms with Crippen molar-refractivity contribution >= 4 is 0 Å². The van der Waals surface area contributed by atoms with Crippen molar-refractivity contribution in [1.29, 1.82) is 0 Å². The largest absolute Gasteiger partial charge is 0.374 e. The van der Waals surface area contributed by atoms with Gasteiger partial charge in [-0.2, -0.15) is 0 Å². The highest BCUT2D eigenvalue weighted by Crippen LogP contribution is 2.20. The van der Waals surface area contributed by atoms with Crippen molar-refractivity contribution in [3.8, 4) is 0 Å². The molecular weight excluding hydrogens is 224 g/mol. The van der Waals surface area contributed by atoms with E-state index in [2.05, 4.69) is 47.5 Å². The van der Waals surface area contributed by atoms with Gasteiger partial charge in [-0.25, -0.2) is 0 Å². The molecule has 3 rings (SSSR count). The van der Waals surface area contributed by atoms with E-state index in [-0.39, 0.29) is 0 Å². The molecule has 98 valence electrons. The Hall–Kier alpha value is -0.900. The van der Waals surface area contributed by atoms with Gasteiger partial charge in [-0.3, -0.25) is 4.90 Å². The summed E-state index contributed by atoms with van der Waals surface area (Å²) in [7, 11) is 0. The van der Waals surface area contributed by atoms with Crippen molar-refractivity contribution in [2.75, 3.05) is 19.7 Å². The summed E-state index contributed by atoms with van der Waals surface area (Å²) in [6, 6.07) is 11.8. The number of hydrogen-bond donors (Lipinski definition) is 1. The third-order valence-corrected chi connectivity index (χ3v) is 3.95. The van der Waals surface area contributed by atoms with E-state index in [4.69, 9.17) is 4.74 Å². The molecule has 0 bridgehead atoms. The minimum Gasteiger partial charge on any atom is -0.374 e. The van der Waals surface area contributed by atoms with Gasteiger partial charge in [-0.15, -0.1) is 0 Å². The molecule has 3 atom stereocenters. The fourth-order valence-electron chi connectivity index (χ4n) is 3.01. The van der Waals surface area contributed by atoms with Crippen LogP contribution in [0.25, 0.3) is 0 Å². The number of rotatable bonds is 2. The molecular formula is C15H22N2O. The van der Waals surface area contributed by atoms with Gasteiger partial charge in [0, 0.05) is 31.7 Å². The van der Waals surface area contributed by atoms with Crippen LogP contribution in [0.1, 0.15) is 18.9 Å². The zero-order chi connectivity index (χ0) is 12.4. The number of ether oxygens (including phenoxy) is 1. The second-order valence-electron chi connectivity index (χ2n) is 5.56. The molecule has 2 fully saturated rings. The van der Waals surface area contributed by atoms with Crippen molar-refractivity contribution in [3.63, 3.8) is 0 Å². The molecule has 0 aliphatic carbocycles. The van der Waals surface area contributed by atoms with Crippen LogP contribution >= 0.6 is 0 Å². The highest BCUT2D eigenvalue weighted by atomic mass is 16.5. The van der Waals surface area contributed by atoms with E-state index in [9.17, 15) is 0 Å². The number of nitrogens with zero attached hydrogens (tertiary/aromatic N) is 1. The van der Waals surface area contributed by atoms with E-state index < -0.39 is 0 Å². The fourth-order valence-corrected chi connectivity index (χ4v) is 3.01. The number of piperidine rings is 1. The third kappa shape index (κ3) is 2.74. The van der Waals surface area contributed by atoms with Crippen LogP contribution in [0, 0.1) is 0 Å². The molecule has 0 amide bonds. The summed E-state index contributed by atoms with van der Waals surface area (Å²) in [5.74, 6) is 0. The second kappa shape index (κ2) is 5.39. The minimum atomic E-state index is 0.374. The molecule has 2 aliphatic rings. The molecule has 2 heterocycles. The van der Waals surface area contributed by atoms with E-state index >= 15 is 0 Å². The van der Waals surface area contributed by atoms with E-state index in [1.165, 1.54) is 18.5 Å². The Labute approximate surface area is 109 Å². The van der Waals surface area contributed by atoms with Crippen LogP contribution in [0.15, 0.2) is 30.3 Å². The first-order valence-electron chi connectivity index (χ1n) is 6.95. The van der Waals surface area contributed by atoms with Gasteiger partial charge < -0.3 is 10.1 Å². The molecule has 0 saturated carbocycles. The maximum atomic E-state index is 5.96. The van der Waals surface area contributed by atoms with Crippen LogP contribution in [0.5, 0.6) is 0 Å². The molecule has 1 N–H and O–H groups in total. The van der Waals surface area contributed by atoms with Crippen molar-refractivity contribution in [2.45, 2.75) is 38.1 Å². The smallest absolute Gasteiger partial charge is 0.0856 e. The molecule has 3 heteroatoms. The Morgan fingerprint density at radius 1 is 1.33 bits per heavy atom. The topological polar surface area (TPSA) is 24.5 Å². The van der Waals surface area contributed by atoms with Crippen molar-refractivity contribution in [1.82, 2.24) is 10.2 Å². The highest BCUT2D eigenvalue weighted by Gasteiger charge is 2.33. The number of fused-ring (bicyclic) bond motifs is 1. The number of morpholine rings is 1. The second-order valence-corrected chi connectivity index (χ2v) is 5.56. The normalized spacial score (nSPS) is 33.1. The standard InChI is InChI=1S/C15H22N2O/c1-12-11-18-15-10-17(8-7-14(15)16-12)9-13-5-3-2-4-6-13/h2-6,12,14-16H,7-11H2,1H3. The summed E-state index contributed by atoms with van der Waals surface area (Å²) in [5, 5.41) is 3.65. The Balaban J connectivity index is 1.58. The van der Waals surface area contributed by atoms with Gasteiger partial charge in [0.25, 0.3) is 0 Å². The van der Waals surface area contributed by atoms with Crippen molar-refractivity contribution in [3.05, 3.63) is 35.9 Å². The summed E-state index contributed by atoms with van der Waals surface area (Å²) in [4.78, 5) is 2.51. The molecule has 3 unspecified atom stereocenters. The summed E-state index contributed by atoms with van der Waals surface area (Å²) in [6.07, 6.45) is 1.57. The van der Waals surface area contributed by atoms with Crippen LogP contribution in [0.2, 0.25) is 0 Å². The summed E-state index contributed by atoms with van der Waals surface area (Å²) in [6.45, 7) is 6.31. The fraction of sp³-hybridized carbons (Fsp3) is 0.600. The monoisotopic (exact) mass is 246 g/mol. The molecule has 0 radical (unpaired) electrons. The number of nitrogens with one attached hydrogen (secondary N) is 1. The lowest BCUT2D eigenvalue weighted by Gasteiger charge is -2.43. The van der Waals surface area contributed by atoms with Gasteiger partial charge in [-0.1, -0.05) is 30.3 Å². The predicted molar refractivity (Wildman–Crippen MR) is 72.5 cm³/mol. The molecule has 2 saturated heterocycles. The number of likely N-dealkylation sites (tertiary alicyclic amines) is 1. The third-order valence-electron chi connectivity index (χ3n) is 3.95. The zero-order valence-electron chi connectivity index (χ0n) is 11.0. The van der Waals surface area contributed by atoms with Crippen molar-refractivity contribution in [2.24, 2.45) is 0 Å². The first-order valence-corrected chi connectivity index (χ1v) is 6.95. The minimum absolute atomic E-state index is 0.374. The molecule has 3 nitrogen and oxygen atoms in total. The van der Waals surface area contributed by atoms with E-state index in [0.717, 1.165) is 19.7 Å². The van der Waals surface area contributed by atoms with Crippen LogP contribution in [0.4, 0.5) is 0 Å². The zero-order valence-corrected chi connectivity index (χ0v) is 11.0. The molecule has 18 heavy (non-hydrogen) atoms. The lowest BCUT2D eigenvalue weighted by atomic mass is 9.98. The maximum absolute atomic E-state index is 5.96. The van der Waals surface area contributed by atoms with E-state index in [1.54, 1.807) is 0 Å². The summed E-state index contributed by atoms with van der Waals surface area (Å²) < 4.78 is 5.96. The Morgan fingerprint density at radius 3 is 3.00 bits per heavy atom. The Kier molecular flexibility index (Phi) is 3.64. The van der Waals surface area contributed by atoms with E-state index in [1.807, 2.05) is 0 Å². The average Bonchev–Trinajstić information content (AvgIpc) is 2.40. The lowest BCUT2D eigenvalue weighted by molar-refractivity contribution is -0.0641. The summed E-state index contributed by atoms with van der Waals surface area (Å²) in [5.41, 5.74) is 1.40. The SMILES string of the molecule is CC1COC2CN(Cc3ccccc3)CCC2N1. The van der Waals surface area contributed by atoms with Crippen LogP contribution in [-0.2, 0) is 11.3 Å². The van der Waals surface area contributed by atoms with Gasteiger partial charge in [0.2, 0.25) is 0 Å². The van der Waals surface area contributed by atoms with Crippen molar-refractivity contribution < 1.29 is 4.74 Å². The molecule has 0 spiro atoms. The first kappa shape index (κ1) is 12.2.